The summed E-state index contributed by atoms with van der Waals surface area (Å²) in [6.07, 6.45) is 8.24. The van der Waals surface area contributed by atoms with Gasteiger partial charge in [0.25, 0.3) is 5.91 Å². The van der Waals surface area contributed by atoms with Gasteiger partial charge in [-0.3, -0.25) is 9.36 Å². The fourth-order valence-corrected chi connectivity index (χ4v) is 2.67. The van der Waals surface area contributed by atoms with Gasteiger partial charge in [-0.05, 0) is 0 Å². The molecular formula is C15H15N7O2. The van der Waals surface area contributed by atoms with Crippen LogP contribution in [0.25, 0.3) is 5.82 Å². The summed E-state index contributed by atoms with van der Waals surface area (Å²) in [6, 6.07) is 3.49. The van der Waals surface area contributed by atoms with Crippen LogP contribution in [0.3, 0.4) is 0 Å². The zero-order valence-corrected chi connectivity index (χ0v) is 12.8. The Kier molecular flexibility index (Phi) is 3.66. The summed E-state index contributed by atoms with van der Waals surface area (Å²) in [5, 5.41) is 3.58. The van der Waals surface area contributed by atoms with E-state index in [0.717, 1.165) is 11.6 Å². The first-order valence-corrected chi connectivity index (χ1v) is 7.56. The lowest BCUT2D eigenvalue weighted by molar-refractivity contribution is 0.0704. The van der Waals surface area contributed by atoms with Crippen molar-refractivity contribution in [1.82, 2.24) is 29.6 Å². The third kappa shape index (κ3) is 2.71. The molecular weight excluding hydrogens is 310 g/mol. The molecule has 0 unspecified atom stereocenters. The second kappa shape index (κ2) is 6.11. The Labute approximate surface area is 137 Å². The van der Waals surface area contributed by atoms with Crippen molar-refractivity contribution in [2.45, 2.75) is 0 Å². The molecule has 122 valence electrons. The number of imidazole rings is 1. The first kappa shape index (κ1) is 14.4. The largest absolute Gasteiger partial charge is 0.353 e. The predicted octanol–water partition coefficient (Wildman–Crippen LogP) is 0.613. The molecule has 1 aliphatic rings. The van der Waals surface area contributed by atoms with Gasteiger partial charge in [-0.15, -0.1) is 0 Å². The van der Waals surface area contributed by atoms with E-state index >= 15 is 0 Å². The lowest BCUT2D eigenvalue weighted by Gasteiger charge is -2.34. The van der Waals surface area contributed by atoms with Gasteiger partial charge < -0.3 is 14.3 Å². The summed E-state index contributed by atoms with van der Waals surface area (Å²) in [5.74, 6) is 1.74. The van der Waals surface area contributed by atoms with Crippen molar-refractivity contribution in [2.24, 2.45) is 0 Å². The van der Waals surface area contributed by atoms with E-state index in [1.165, 1.54) is 12.5 Å². The molecule has 4 heterocycles. The summed E-state index contributed by atoms with van der Waals surface area (Å²) >= 11 is 0. The molecule has 0 aromatic carbocycles. The molecule has 4 rings (SSSR count). The SMILES string of the molecule is O=C(c1ccno1)N1CCN(c2cc(-n3ccnc3)ncn2)CC1. The number of nitrogens with zero attached hydrogens (tertiary/aromatic N) is 7. The predicted molar refractivity (Wildman–Crippen MR) is 83.8 cm³/mol. The molecule has 3 aromatic heterocycles. The van der Waals surface area contributed by atoms with Crippen molar-refractivity contribution in [3.8, 4) is 5.82 Å². The van der Waals surface area contributed by atoms with Gasteiger partial charge in [0.2, 0.25) is 5.76 Å². The fraction of sp³-hybridized carbons (Fsp3) is 0.267. The third-order valence-corrected chi connectivity index (χ3v) is 3.95. The van der Waals surface area contributed by atoms with Crippen molar-refractivity contribution in [3.05, 3.63) is 49.1 Å². The van der Waals surface area contributed by atoms with E-state index < -0.39 is 0 Å². The summed E-state index contributed by atoms with van der Waals surface area (Å²) in [5.41, 5.74) is 0. The normalized spacial score (nSPS) is 14.8. The Bertz CT molecular complexity index is 808. The minimum absolute atomic E-state index is 0.131. The van der Waals surface area contributed by atoms with E-state index in [4.69, 9.17) is 4.52 Å². The van der Waals surface area contributed by atoms with Crippen LogP contribution >= 0.6 is 0 Å². The van der Waals surface area contributed by atoms with Gasteiger partial charge in [-0.25, -0.2) is 15.0 Å². The van der Waals surface area contributed by atoms with E-state index in [1.807, 2.05) is 16.8 Å². The molecule has 0 saturated carbocycles. The van der Waals surface area contributed by atoms with E-state index in [-0.39, 0.29) is 11.7 Å². The van der Waals surface area contributed by atoms with Crippen molar-refractivity contribution >= 4 is 11.7 Å². The highest BCUT2D eigenvalue weighted by Crippen LogP contribution is 2.17. The first-order chi connectivity index (χ1) is 11.8. The summed E-state index contributed by atoms with van der Waals surface area (Å²) in [4.78, 5) is 28.8. The first-order valence-electron chi connectivity index (χ1n) is 7.56. The standard InChI is InChI=1S/C15H15N7O2/c23-15(12-1-2-19-24-12)21-7-5-20(6-8-21)13-9-14(18-10-17-13)22-4-3-16-11-22/h1-4,9-11H,5-8H2. The van der Waals surface area contributed by atoms with Crippen LogP contribution in [-0.4, -0.2) is 61.7 Å². The van der Waals surface area contributed by atoms with Gasteiger partial charge in [0.15, 0.2) is 0 Å². The third-order valence-electron chi connectivity index (χ3n) is 3.95. The number of hydrogen-bond acceptors (Lipinski definition) is 7. The zero-order valence-electron chi connectivity index (χ0n) is 12.8. The Balaban J connectivity index is 1.44. The summed E-state index contributed by atoms with van der Waals surface area (Å²) < 4.78 is 6.76. The number of aromatic nitrogens is 5. The van der Waals surface area contributed by atoms with Crippen LogP contribution in [0.5, 0.6) is 0 Å². The molecule has 1 aliphatic heterocycles. The fourth-order valence-electron chi connectivity index (χ4n) is 2.67. The van der Waals surface area contributed by atoms with Crippen LogP contribution < -0.4 is 4.90 Å². The van der Waals surface area contributed by atoms with Gasteiger partial charge in [-0.1, -0.05) is 5.16 Å². The quantitative estimate of drug-likeness (QED) is 0.696. The van der Waals surface area contributed by atoms with Crippen LogP contribution in [0.15, 0.2) is 47.9 Å². The number of rotatable bonds is 3. The molecule has 24 heavy (non-hydrogen) atoms. The number of carbonyl (C=O) groups is 1. The number of amides is 1. The Morgan fingerprint density at radius 1 is 1.08 bits per heavy atom. The maximum absolute atomic E-state index is 12.3. The molecule has 1 saturated heterocycles. The van der Waals surface area contributed by atoms with Gasteiger partial charge >= 0.3 is 0 Å². The smallest absolute Gasteiger partial charge is 0.292 e. The van der Waals surface area contributed by atoms with Crippen molar-refractivity contribution < 1.29 is 9.32 Å². The average molecular weight is 325 g/mol. The molecule has 9 heteroatoms. The second-order valence-corrected chi connectivity index (χ2v) is 5.36. The molecule has 0 spiro atoms. The molecule has 1 fully saturated rings. The van der Waals surface area contributed by atoms with Crippen LogP contribution in [0.1, 0.15) is 10.6 Å². The maximum Gasteiger partial charge on any atom is 0.292 e. The van der Waals surface area contributed by atoms with Crippen LogP contribution in [0, 0.1) is 0 Å². The molecule has 0 N–H and O–H groups in total. The highest BCUT2D eigenvalue weighted by molar-refractivity contribution is 5.91. The van der Waals surface area contributed by atoms with E-state index in [1.54, 1.807) is 23.5 Å². The second-order valence-electron chi connectivity index (χ2n) is 5.36. The highest BCUT2D eigenvalue weighted by Gasteiger charge is 2.25. The average Bonchev–Trinajstić information content (AvgIpc) is 3.35. The van der Waals surface area contributed by atoms with Crippen LogP contribution in [0.4, 0.5) is 5.82 Å². The lowest BCUT2D eigenvalue weighted by atomic mass is 10.3. The number of piperazine rings is 1. The van der Waals surface area contributed by atoms with Crippen LogP contribution in [-0.2, 0) is 0 Å². The lowest BCUT2D eigenvalue weighted by Crippen LogP contribution is -2.49. The number of carbonyl (C=O) groups excluding carboxylic acids is 1. The monoisotopic (exact) mass is 325 g/mol. The Morgan fingerprint density at radius 3 is 2.62 bits per heavy atom. The minimum atomic E-state index is -0.131. The molecule has 9 nitrogen and oxygen atoms in total. The van der Waals surface area contributed by atoms with E-state index in [2.05, 4.69) is 25.0 Å². The van der Waals surface area contributed by atoms with Gasteiger partial charge in [0, 0.05) is 50.7 Å². The van der Waals surface area contributed by atoms with Gasteiger partial charge in [0.1, 0.15) is 24.3 Å². The topological polar surface area (TPSA) is 93.2 Å². The molecule has 3 aromatic rings. The Hall–Kier alpha value is -3.23. The van der Waals surface area contributed by atoms with Gasteiger partial charge in [-0.2, -0.15) is 0 Å². The number of hydrogen-bond donors (Lipinski definition) is 0. The van der Waals surface area contributed by atoms with Crippen molar-refractivity contribution in [1.29, 1.82) is 0 Å². The highest BCUT2D eigenvalue weighted by atomic mass is 16.5. The summed E-state index contributed by atoms with van der Waals surface area (Å²) in [7, 11) is 0. The van der Waals surface area contributed by atoms with Crippen molar-refractivity contribution in [3.63, 3.8) is 0 Å². The maximum atomic E-state index is 12.3. The van der Waals surface area contributed by atoms with Crippen molar-refractivity contribution in [2.75, 3.05) is 31.1 Å². The number of anilines is 1. The Morgan fingerprint density at radius 2 is 1.92 bits per heavy atom. The molecule has 0 radical (unpaired) electrons. The molecule has 1 amide bonds. The molecule has 0 aliphatic carbocycles. The zero-order chi connectivity index (χ0) is 16.4. The van der Waals surface area contributed by atoms with E-state index in [0.29, 0.717) is 26.2 Å². The van der Waals surface area contributed by atoms with Gasteiger partial charge in [0.05, 0.1) is 6.20 Å². The van der Waals surface area contributed by atoms with Crippen LogP contribution in [0.2, 0.25) is 0 Å². The molecule has 0 atom stereocenters. The summed E-state index contributed by atoms with van der Waals surface area (Å²) in [6.45, 7) is 2.59. The minimum Gasteiger partial charge on any atom is -0.353 e. The molecule has 0 bridgehead atoms. The van der Waals surface area contributed by atoms with E-state index in [9.17, 15) is 4.79 Å².